The first-order chi connectivity index (χ1) is 16.8. The van der Waals surface area contributed by atoms with Gasteiger partial charge in [0.1, 0.15) is 5.75 Å². The number of benzene rings is 2. The van der Waals surface area contributed by atoms with E-state index in [9.17, 15) is 19.8 Å². The average molecular weight is 514 g/mol. The minimum absolute atomic E-state index is 0.00243. The standard InChI is InChI=1S/C26H25Cl2N3O4/c27-18-11-23(32)19(28)10-15(18)14-7-8-20-16(9-14)24(17(12-29-20)25(33)13-5-6-13)30-21-3-1-2-4-22(21)31-26(34)35/h7-13,21-22,31-32H,1-6H2,(H,29,30)(H,34,35). The van der Waals surface area contributed by atoms with Gasteiger partial charge < -0.3 is 20.8 Å². The van der Waals surface area contributed by atoms with Gasteiger partial charge in [-0.1, -0.05) is 42.1 Å². The maximum atomic E-state index is 13.2. The maximum Gasteiger partial charge on any atom is 0.404 e. The normalized spacial score (nSPS) is 19.9. The molecule has 7 nitrogen and oxygen atoms in total. The molecule has 4 N–H and O–H groups in total. The van der Waals surface area contributed by atoms with E-state index in [0.29, 0.717) is 27.4 Å². The van der Waals surface area contributed by atoms with E-state index in [2.05, 4.69) is 15.6 Å². The molecular weight excluding hydrogens is 489 g/mol. The molecule has 2 aromatic carbocycles. The highest BCUT2D eigenvalue weighted by molar-refractivity contribution is 6.36. The molecule has 3 aromatic rings. The fraction of sp³-hybridized carbons (Fsp3) is 0.346. The van der Waals surface area contributed by atoms with Gasteiger partial charge in [-0.3, -0.25) is 9.78 Å². The van der Waals surface area contributed by atoms with E-state index < -0.39 is 6.09 Å². The molecule has 0 saturated heterocycles. The number of phenolic OH excluding ortho intramolecular Hbond substituents is 1. The molecule has 0 bridgehead atoms. The van der Waals surface area contributed by atoms with E-state index in [0.717, 1.165) is 49.5 Å². The second kappa shape index (κ2) is 9.55. The van der Waals surface area contributed by atoms with Crippen LogP contribution in [0.15, 0.2) is 36.5 Å². The van der Waals surface area contributed by atoms with Crippen molar-refractivity contribution >= 4 is 51.7 Å². The fourth-order valence-corrected chi connectivity index (χ4v) is 5.28. The molecule has 35 heavy (non-hydrogen) atoms. The van der Waals surface area contributed by atoms with E-state index >= 15 is 0 Å². The van der Waals surface area contributed by atoms with Gasteiger partial charge in [-0.25, -0.2) is 4.79 Å². The molecule has 9 heteroatoms. The molecular formula is C26H25Cl2N3O4. The number of carboxylic acid groups (broad SMARTS) is 1. The van der Waals surface area contributed by atoms with Crippen LogP contribution in [0.1, 0.15) is 48.9 Å². The van der Waals surface area contributed by atoms with Crippen molar-refractivity contribution in [3.05, 3.63) is 52.1 Å². The monoisotopic (exact) mass is 513 g/mol. The number of fused-ring (bicyclic) bond motifs is 1. The number of halogens is 2. The molecule has 5 rings (SSSR count). The van der Waals surface area contributed by atoms with Crippen molar-refractivity contribution in [3.63, 3.8) is 0 Å². The highest BCUT2D eigenvalue weighted by Gasteiger charge is 2.34. The van der Waals surface area contributed by atoms with Gasteiger partial charge in [0.15, 0.2) is 5.78 Å². The van der Waals surface area contributed by atoms with Crippen LogP contribution in [0.25, 0.3) is 22.0 Å². The Labute approximate surface area is 212 Å². The Morgan fingerprint density at radius 2 is 1.71 bits per heavy atom. The number of anilines is 1. The number of nitrogens with zero attached hydrogens (tertiary/aromatic N) is 1. The van der Waals surface area contributed by atoms with Gasteiger partial charge in [-0.05, 0) is 49.4 Å². The largest absolute Gasteiger partial charge is 0.506 e. The summed E-state index contributed by atoms with van der Waals surface area (Å²) in [6.45, 7) is 0. The Bertz CT molecular complexity index is 1330. The van der Waals surface area contributed by atoms with E-state index in [1.165, 1.54) is 6.07 Å². The van der Waals surface area contributed by atoms with Crippen LogP contribution in [0, 0.1) is 5.92 Å². The average Bonchev–Trinajstić information content (AvgIpc) is 3.67. The van der Waals surface area contributed by atoms with Crippen LogP contribution in [0.3, 0.4) is 0 Å². The van der Waals surface area contributed by atoms with Gasteiger partial charge in [0, 0.05) is 35.2 Å². The Kier molecular flexibility index (Phi) is 6.47. The second-order valence-corrected chi connectivity index (χ2v) is 10.1. The van der Waals surface area contributed by atoms with E-state index in [1.807, 2.05) is 18.2 Å². The highest BCUT2D eigenvalue weighted by Crippen LogP contribution is 2.41. The molecule has 0 radical (unpaired) electrons. The lowest BCUT2D eigenvalue weighted by Gasteiger charge is -2.33. The predicted molar refractivity (Wildman–Crippen MR) is 137 cm³/mol. The summed E-state index contributed by atoms with van der Waals surface area (Å²) in [6, 6.07) is 8.21. The summed E-state index contributed by atoms with van der Waals surface area (Å²) in [5, 5.41) is 26.7. The summed E-state index contributed by atoms with van der Waals surface area (Å²) in [5.74, 6) is -0.0454. The minimum atomic E-state index is -1.06. The molecule has 2 aliphatic rings. The molecule has 2 atom stereocenters. The lowest BCUT2D eigenvalue weighted by molar-refractivity contribution is 0.0968. The highest BCUT2D eigenvalue weighted by atomic mass is 35.5. The van der Waals surface area contributed by atoms with Gasteiger partial charge >= 0.3 is 6.09 Å². The summed E-state index contributed by atoms with van der Waals surface area (Å²) in [4.78, 5) is 29.2. The number of carbonyl (C=O) groups excluding carboxylic acids is 1. The molecule has 1 amide bonds. The zero-order valence-electron chi connectivity index (χ0n) is 18.9. The van der Waals surface area contributed by atoms with Crippen molar-refractivity contribution in [2.45, 2.75) is 50.6 Å². The van der Waals surface area contributed by atoms with Crippen LogP contribution >= 0.6 is 23.2 Å². The van der Waals surface area contributed by atoms with Gasteiger partial charge in [0.2, 0.25) is 0 Å². The Balaban J connectivity index is 1.63. The quantitative estimate of drug-likeness (QED) is 0.280. The number of Topliss-reactive ketones (excluding diaryl/α,β-unsaturated/α-hetero) is 1. The molecule has 2 fully saturated rings. The minimum Gasteiger partial charge on any atom is -0.506 e. The van der Waals surface area contributed by atoms with Crippen LogP contribution in [-0.2, 0) is 0 Å². The number of rotatable bonds is 6. The molecule has 0 aliphatic heterocycles. The van der Waals surface area contributed by atoms with Crippen LogP contribution < -0.4 is 10.6 Å². The molecule has 2 saturated carbocycles. The van der Waals surface area contributed by atoms with Gasteiger partial charge in [0.25, 0.3) is 0 Å². The Morgan fingerprint density at radius 1 is 0.971 bits per heavy atom. The summed E-state index contributed by atoms with van der Waals surface area (Å²) in [7, 11) is 0. The SMILES string of the molecule is O=C(O)NC1CCCCC1Nc1c(C(=O)C2CC2)cnc2ccc(-c3cc(Cl)c(O)cc3Cl)cc12. The van der Waals surface area contributed by atoms with Crippen molar-refractivity contribution < 1.29 is 19.8 Å². The van der Waals surface area contributed by atoms with E-state index in [4.69, 9.17) is 23.2 Å². The number of hydrogen-bond acceptors (Lipinski definition) is 5. The van der Waals surface area contributed by atoms with Gasteiger partial charge in [-0.15, -0.1) is 0 Å². The number of aromatic hydroxyl groups is 1. The van der Waals surface area contributed by atoms with Crippen molar-refractivity contribution in [3.8, 4) is 16.9 Å². The summed E-state index contributed by atoms with van der Waals surface area (Å²) in [6.07, 6.45) is 5.72. The third-order valence-corrected chi connectivity index (χ3v) is 7.45. The number of aromatic nitrogens is 1. The molecule has 2 aliphatic carbocycles. The van der Waals surface area contributed by atoms with Crippen molar-refractivity contribution in [1.29, 1.82) is 0 Å². The third-order valence-electron chi connectivity index (χ3n) is 6.83. The number of hydrogen-bond donors (Lipinski definition) is 4. The lowest BCUT2D eigenvalue weighted by Crippen LogP contribution is -2.48. The number of nitrogens with one attached hydrogen (secondary N) is 2. The van der Waals surface area contributed by atoms with Crippen LogP contribution in [-0.4, -0.2) is 39.2 Å². The Morgan fingerprint density at radius 3 is 2.43 bits per heavy atom. The van der Waals surface area contributed by atoms with Crippen molar-refractivity contribution in [1.82, 2.24) is 10.3 Å². The topological polar surface area (TPSA) is 112 Å². The molecule has 2 unspecified atom stereocenters. The zero-order valence-corrected chi connectivity index (χ0v) is 20.4. The van der Waals surface area contributed by atoms with Gasteiger partial charge in [0.05, 0.1) is 32.9 Å². The summed E-state index contributed by atoms with van der Waals surface area (Å²) < 4.78 is 0. The first kappa shape index (κ1) is 23.7. The third kappa shape index (κ3) is 4.88. The van der Waals surface area contributed by atoms with Crippen LogP contribution in [0.4, 0.5) is 10.5 Å². The number of amides is 1. The first-order valence-electron chi connectivity index (χ1n) is 11.7. The number of phenols is 1. The fourth-order valence-electron chi connectivity index (χ4n) is 4.85. The number of ketones is 1. The van der Waals surface area contributed by atoms with Crippen LogP contribution in [0.5, 0.6) is 5.75 Å². The zero-order chi connectivity index (χ0) is 24.7. The van der Waals surface area contributed by atoms with E-state index in [1.54, 1.807) is 12.3 Å². The smallest absolute Gasteiger partial charge is 0.404 e. The molecule has 1 aromatic heterocycles. The van der Waals surface area contributed by atoms with Gasteiger partial charge in [-0.2, -0.15) is 0 Å². The first-order valence-corrected chi connectivity index (χ1v) is 12.5. The lowest BCUT2D eigenvalue weighted by atomic mass is 9.89. The molecule has 0 spiro atoms. The van der Waals surface area contributed by atoms with Crippen molar-refractivity contribution in [2.75, 3.05) is 5.32 Å². The second-order valence-electron chi connectivity index (χ2n) is 9.29. The molecule has 1 heterocycles. The van der Waals surface area contributed by atoms with Crippen molar-refractivity contribution in [2.24, 2.45) is 5.92 Å². The summed E-state index contributed by atoms with van der Waals surface area (Å²) >= 11 is 12.6. The predicted octanol–water partition coefficient (Wildman–Crippen LogP) is 6.50. The molecule has 182 valence electrons. The van der Waals surface area contributed by atoms with E-state index in [-0.39, 0.29) is 34.6 Å². The summed E-state index contributed by atoms with van der Waals surface area (Å²) in [5.41, 5.74) is 3.28. The van der Waals surface area contributed by atoms with Crippen LogP contribution in [0.2, 0.25) is 10.0 Å². The number of carbonyl (C=O) groups is 2. The Hall–Kier alpha value is -3.03. The maximum absolute atomic E-state index is 13.2. The number of pyridine rings is 1.